The minimum absolute atomic E-state index is 0.127. The van der Waals surface area contributed by atoms with E-state index in [1.165, 1.54) is 6.42 Å². The maximum absolute atomic E-state index is 13.0. The van der Waals surface area contributed by atoms with Crippen LogP contribution in [0.1, 0.15) is 44.9 Å². The number of rotatable bonds is 6. The second-order valence-electron chi connectivity index (χ2n) is 7.76. The van der Waals surface area contributed by atoms with Gasteiger partial charge in [0.05, 0.1) is 5.69 Å². The van der Waals surface area contributed by atoms with Gasteiger partial charge in [-0.05, 0) is 49.9 Å². The van der Waals surface area contributed by atoms with Crippen molar-refractivity contribution in [2.24, 2.45) is 5.41 Å². The van der Waals surface area contributed by atoms with Crippen LogP contribution in [0.5, 0.6) is 11.5 Å². The lowest BCUT2D eigenvalue weighted by Crippen LogP contribution is -2.45. The van der Waals surface area contributed by atoms with Crippen molar-refractivity contribution in [2.75, 3.05) is 5.32 Å². The van der Waals surface area contributed by atoms with Crippen LogP contribution in [0.4, 0.5) is 5.69 Å². The van der Waals surface area contributed by atoms with Gasteiger partial charge in [0.2, 0.25) is 11.8 Å². The monoisotopic (exact) mass is 378 g/mol. The zero-order valence-corrected chi connectivity index (χ0v) is 15.9. The summed E-state index contributed by atoms with van der Waals surface area (Å²) in [5.41, 5.74) is -0.356. The number of hydrogen-bond donors (Lipinski definition) is 2. The van der Waals surface area contributed by atoms with Gasteiger partial charge in [-0.1, -0.05) is 49.6 Å². The number of carbonyl (C=O) groups is 2. The molecule has 0 aliphatic heterocycles. The lowest BCUT2D eigenvalue weighted by Gasteiger charge is -2.25. The minimum Gasteiger partial charge on any atom is -0.455 e. The van der Waals surface area contributed by atoms with Gasteiger partial charge in [-0.2, -0.15) is 0 Å². The zero-order chi connectivity index (χ0) is 19.4. The maximum Gasteiger partial charge on any atom is 0.240 e. The number of ether oxygens (including phenoxy) is 1. The molecule has 146 valence electrons. The van der Waals surface area contributed by atoms with Gasteiger partial charge >= 0.3 is 0 Å². The molecule has 2 aromatic rings. The van der Waals surface area contributed by atoms with Crippen molar-refractivity contribution in [3.63, 3.8) is 0 Å². The highest BCUT2D eigenvalue weighted by atomic mass is 16.5. The molecule has 2 amide bonds. The Hall–Kier alpha value is -2.82. The van der Waals surface area contributed by atoms with Crippen molar-refractivity contribution in [1.82, 2.24) is 5.32 Å². The third-order valence-corrected chi connectivity index (χ3v) is 5.67. The fourth-order valence-corrected chi connectivity index (χ4v) is 3.77. The molecule has 0 spiro atoms. The molecule has 0 heterocycles. The van der Waals surface area contributed by atoms with Crippen molar-refractivity contribution < 1.29 is 14.3 Å². The first-order valence-electron chi connectivity index (χ1n) is 10.1. The summed E-state index contributed by atoms with van der Waals surface area (Å²) in [6.45, 7) is 0. The zero-order valence-electron chi connectivity index (χ0n) is 15.9. The molecule has 0 bridgehead atoms. The molecule has 0 unspecified atom stereocenters. The van der Waals surface area contributed by atoms with Gasteiger partial charge in [0.25, 0.3) is 0 Å². The molecule has 2 N–H and O–H groups in total. The number of anilines is 1. The lowest BCUT2D eigenvalue weighted by molar-refractivity contribution is -0.135. The Labute approximate surface area is 165 Å². The van der Waals surface area contributed by atoms with Crippen LogP contribution in [0, 0.1) is 5.41 Å². The molecule has 28 heavy (non-hydrogen) atoms. The average molecular weight is 378 g/mol. The van der Waals surface area contributed by atoms with Crippen LogP contribution in [0.15, 0.2) is 54.6 Å². The average Bonchev–Trinajstić information content (AvgIpc) is 3.53. The van der Waals surface area contributed by atoms with Crippen LogP contribution in [0.2, 0.25) is 0 Å². The van der Waals surface area contributed by atoms with Crippen LogP contribution in [0.3, 0.4) is 0 Å². The summed E-state index contributed by atoms with van der Waals surface area (Å²) in [5, 5.41) is 6.04. The Kier molecular flexibility index (Phi) is 5.33. The fraction of sp³-hybridized carbons (Fsp3) is 0.391. The van der Waals surface area contributed by atoms with E-state index in [-0.39, 0.29) is 17.9 Å². The summed E-state index contributed by atoms with van der Waals surface area (Å²) in [5.74, 6) is 0.884. The first-order valence-corrected chi connectivity index (χ1v) is 10.1. The first-order chi connectivity index (χ1) is 13.7. The molecular formula is C23H26N2O3. The predicted octanol–water partition coefficient (Wildman–Crippen LogP) is 4.65. The number of carbonyl (C=O) groups excluding carboxylic acids is 2. The van der Waals surface area contributed by atoms with E-state index in [1.807, 2.05) is 48.5 Å². The third-order valence-electron chi connectivity index (χ3n) is 5.67. The molecule has 2 aliphatic carbocycles. The molecule has 2 saturated carbocycles. The number of nitrogens with one attached hydrogen (secondary N) is 2. The Balaban J connectivity index is 1.44. The Morgan fingerprint density at radius 3 is 2.25 bits per heavy atom. The molecule has 2 fully saturated rings. The molecule has 5 heteroatoms. The van der Waals surface area contributed by atoms with Crippen LogP contribution in [-0.2, 0) is 9.59 Å². The van der Waals surface area contributed by atoms with E-state index in [2.05, 4.69) is 10.6 Å². The highest BCUT2D eigenvalue weighted by Gasteiger charge is 2.56. The highest BCUT2D eigenvalue weighted by Crippen LogP contribution is 2.47. The Bertz CT molecular complexity index is 840. The molecule has 0 radical (unpaired) electrons. The smallest absolute Gasteiger partial charge is 0.240 e. The van der Waals surface area contributed by atoms with Crippen molar-refractivity contribution >= 4 is 17.5 Å². The Morgan fingerprint density at radius 1 is 0.857 bits per heavy atom. The molecule has 4 rings (SSSR count). The van der Waals surface area contributed by atoms with E-state index < -0.39 is 5.41 Å². The van der Waals surface area contributed by atoms with E-state index in [0.29, 0.717) is 30.0 Å². The number of hydrogen-bond acceptors (Lipinski definition) is 3. The fourth-order valence-electron chi connectivity index (χ4n) is 3.77. The van der Waals surface area contributed by atoms with E-state index >= 15 is 0 Å². The number of para-hydroxylation sites is 3. The van der Waals surface area contributed by atoms with E-state index in [1.54, 1.807) is 6.07 Å². The number of amides is 2. The molecule has 0 saturated heterocycles. The molecular weight excluding hydrogens is 352 g/mol. The quantitative estimate of drug-likeness (QED) is 0.719. The second-order valence-corrected chi connectivity index (χ2v) is 7.76. The normalized spacial score (nSPS) is 18.1. The molecule has 0 atom stereocenters. The van der Waals surface area contributed by atoms with Crippen LogP contribution < -0.4 is 15.4 Å². The van der Waals surface area contributed by atoms with Crippen molar-refractivity contribution in [3.05, 3.63) is 54.6 Å². The summed E-state index contributed by atoms with van der Waals surface area (Å²) in [7, 11) is 0. The maximum atomic E-state index is 13.0. The van der Waals surface area contributed by atoms with Crippen molar-refractivity contribution in [1.29, 1.82) is 0 Å². The molecule has 0 aromatic heterocycles. The summed E-state index contributed by atoms with van der Waals surface area (Å²) < 4.78 is 5.91. The predicted molar refractivity (Wildman–Crippen MR) is 108 cm³/mol. The molecule has 2 aliphatic rings. The SMILES string of the molecule is O=C(Nc1ccccc1Oc1ccccc1)C1(C(=O)NC2CCCCC2)CC1. The first kappa shape index (κ1) is 18.5. The summed E-state index contributed by atoms with van der Waals surface area (Å²) >= 11 is 0. The third kappa shape index (κ3) is 4.03. The summed E-state index contributed by atoms with van der Waals surface area (Å²) in [6.07, 6.45) is 6.74. The van der Waals surface area contributed by atoms with Gasteiger partial charge < -0.3 is 15.4 Å². The van der Waals surface area contributed by atoms with Crippen molar-refractivity contribution in [2.45, 2.75) is 51.0 Å². The van der Waals surface area contributed by atoms with Gasteiger partial charge in [0, 0.05) is 6.04 Å². The van der Waals surface area contributed by atoms with Crippen LogP contribution in [-0.4, -0.2) is 17.9 Å². The number of benzene rings is 2. The van der Waals surface area contributed by atoms with Gasteiger partial charge in [-0.3, -0.25) is 9.59 Å². The van der Waals surface area contributed by atoms with Gasteiger partial charge in [-0.25, -0.2) is 0 Å². The van der Waals surface area contributed by atoms with Crippen LogP contribution in [0.25, 0.3) is 0 Å². The lowest BCUT2D eigenvalue weighted by atomic mass is 9.94. The van der Waals surface area contributed by atoms with E-state index in [4.69, 9.17) is 4.74 Å². The van der Waals surface area contributed by atoms with Gasteiger partial charge in [0.15, 0.2) is 5.75 Å². The van der Waals surface area contributed by atoms with Crippen molar-refractivity contribution in [3.8, 4) is 11.5 Å². The largest absolute Gasteiger partial charge is 0.455 e. The molecule has 2 aromatic carbocycles. The molecule has 5 nitrogen and oxygen atoms in total. The standard InChI is InChI=1S/C23H26N2O3/c26-21(24-17-9-3-1-4-10-17)23(15-16-23)22(27)25-19-13-7-8-14-20(19)28-18-11-5-2-6-12-18/h2,5-8,11-14,17H,1,3-4,9-10,15-16H2,(H,24,26)(H,25,27). The Morgan fingerprint density at radius 2 is 1.54 bits per heavy atom. The summed E-state index contributed by atoms with van der Waals surface area (Å²) in [4.78, 5) is 25.8. The van der Waals surface area contributed by atoms with Crippen LogP contribution >= 0.6 is 0 Å². The topological polar surface area (TPSA) is 67.4 Å². The van der Waals surface area contributed by atoms with E-state index in [9.17, 15) is 9.59 Å². The van der Waals surface area contributed by atoms with Gasteiger partial charge in [0.1, 0.15) is 11.2 Å². The highest BCUT2D eigenvalue weighted by molar-refractivity contribution is 6.13. The van der Waals surface area contributed by atoms with Gasteiger partial charge in [-0.15, -0.1) is 0 Å². The summed E-state index contributed by atoms with van der Waals surface area (Å²) in [6, 6.07) is 16.9. The minimum atomic E-state index is -0.933. The second kappa shape index (κ2) is 8.05. The van der Waals surface area contributed by atoms with E-state index in [0.717, 1.165) is 25.7 Å².